The first-order valence-corrected chi connectivity index (χ1v) is 7.69. The highest BCUT2D eigenvalue weighted by atomic mass is 35.5. The van der Waals surface area contributed by atoms with Gasteiger partial charge in [-0.05, 0) is 12.8 Å². The molecule has 0 fully saturated rings. The number of unbranched alkanes of at least 4 members (excludes halogenated alkanes) is 2. The van der Waals surface area contributed by atoms with Crippen LogP contribution in [0.15, 0.2) is 0 Å². The molecule has 10 nitrogen and oxygen atoms in total. The minimum atomic E-state index is -1.00. The normalized spacial score (nSPS) is 8.00. The highest BCUT2D eigenvalue weighted by Gasteiger charge is 2.14. The van der Waals surface area contributed by atoms with Crippen LogP contribution >= 0.6 is 23.2 Å². The van der Waals surface area contributed by atoms with Crippen LogP contribution in [0, 0.1) is 0 Å². The van der Waals surface area contributed by atoms with Crippen LogP contribution in [0.3, 0.4) is 0 Å². The van der Waals surface area contributed by atoms with E-state index >= 15 is 0 Å². The van der Waals surface area contributed by atoms with Crippen LogP contribution in [0.25, 0.3) is 0 Å². The summed E-state index contributed by atoms with van der Waals surface area (Å²) in [6, 6.07) is 0. The topological polar surface area (TPSA) is 210 Å². The first-order valence-electron chi connectivity index (χ1n) is 6.94. The number of carboxylic acid groups (broad SMARTS) is 4. The Morgan fingerprint density at radius 2 is 0.962 bits per heavy atom. The van der Waals surface area contributed by atoms with Crippen molar-refractivity contribution in [1.29, 1.82) is 0 Å². The second kappa shape index (κ2) is 28.2. The molecule has 0 radical (unpaired) electrons. The van der Waals surface area contributed by atoms with Gasteiger partial charge in [0.25, 0.3) is 23.9 Å². The maximum atomic E-state index is 9.00. The standard InChI is InChI=1S/C6H13Cl2N.4C2H4O2.H3N/c1-2-3-4-5-6(7,8)9;4*1-2(3)4;/h2-5,9H2,1H3;4*1H3,(H,3,4);1H3. The molecule has 0 aliphatic heterocycles. The number of carbonyl (C=O) groups is 4. The molecule has 0 heterocycles. The van der Waals surface area contributed by atoms with E-state index < -0.39 is 28.3 Å². The Morgan fingerprint density at radius 3 is 1.08 bits per heavy atom. The lowest BCUT2D eigenvalue weighted by molar-refractivity contribution is -0.135. The molecule has 0 saturated carbocycles. The second-order valence-electron chi connectivity index (χ2n) is 4.29. The highest BCUT2D eigenvalue weighted by molar-refractivity contribution is 6.47. The highest BCUT2D eigenvalue weighted by Crippen LogP contribution is 2.20. The predicted molar refractivity (Wildman–Crippen MR) is 101 cm³/mol. The van der Waals surface area contributed by atoms with Crippen LogP contribution in [-0.4, -0.2) is 48.8 Å². The molecule has 0 aliphatic rings. The Bertz CT molecular complexity index is 297. The first kappa shape index (κ1) is 39.4. The predicted octanol–water partition coefficient (Wildman–Crippen LogP) is 3.18. The van der Waals surface area contributed by atoms with Crippen LogP contribution in [0.5, 0.6) is 0 Å². The van der Waals surface area contributed by atoms with Crippen molar-refractivity contribution >= 4 is 47.1 Å². The van der Waals surface area contributed by atoms with Crippen LogP contribution < -0.4 is 11.9 Å². The fraction of sp³-hybridized carbons (Fsp3) is 0.714. The number of alkyl halides is 2. The number of hydrogen-bond donors (Lipinski definition) is 6. The zero-order valence-corrected chi connectivity index (χ0v) is 17.3. The number of rotatable bonds is 4. The third-order valence-electron chi connectivity index (χ3n) is 1.11. The van der Waals surface area contributed by atoms with Gasteiger partial charge in [-0.3, -0.25) is 19.2 Å². The zero-order valence-electron chi connectivity index (χ0n) is 15.8. The smallest absolute Gasteiger partial charge is 0.300 e. The molecule has 0 aromatic carbocycles. The average Bonchev–Trinajstić information content (AvgIpc) is 2.23. The summed E-state index contributed by atoms with van der Waals surface area (Å²) in [4.78, 5) is 36.0. The van der Waals surface area contributed by atoms with Crippen molar-refractivity contribution in [1.82, 2.24) is 6.15 Å². The summed E-state index contributed by atoms with van der Waals surface area (Å²) < 4.78 is -1.00. The number of hydrogen-bond acceptors (Lipinski definition) is 6. The molecule has 0 aromatic heterocycles. The van der Waals surface area contributed by atoms with E-state index in [0.29, 0.717) is 6.42 Å². The molecule has 0 amide bonds. The van der Waals surface area contributed by atoms with Crippen molar-refractivity contribution in [3.05, 3.63) is 0 Å². The minimum absolute atomic E-state index is 0. The van der Waals surface area contributed by atoms with Crippen molar-refractivity contribution in [3.8, 4) is 0 Å². The van der Waals surface area contributed by atoms with Gasteiger partial charge in [0.1, 0.15) is 0 Å². The van der Waals surface area contributed by atoms with Gasteiger partial charge < -0.3 is 32.3 Å². The molecule has 12 heteroatoms. The van der Waals surface area contributed by atoms with Crippen LogP contribution in [0.4, 0.5) is 0 Å². The molecule has 0 saturated heterocycles. The van der Waals surface area contributed by atoms with Crippen LogP contribution in [0.2, 0.25) is 0 Å². The molecule has 0 aromatic rings. The van der Waals surface area contributed by atoms with Crippen molar-refractivity contribution in [3.63, 3.8) is 0 Å². The molecule has 0 bridgehead atoms. The maximum absolute atomic E-state index is 9.00. The Hall–Kier alpha value is -1.62. The van der Waals surface area contributed by atoms with Crippen molar-refractivity contribution in [2.24, 2.45) is 5.73 Å². The molecule has 9 N–H and O–H groups in total. The number of carboxylic acids is 4. The molecular weight excluding hydrogens is 395 g/mol. The van der Waals surface area contributed by atoms with Gasteiger partial charge in [0, 0.05) is 27.7 Å². The fourth-order valence-corrected chi connectivity index (χ4v) is 0.878. The maximum Gasteiger partial charge on any atom is 0.300 e. The van der Waals surface area contributed by atoms with Gasteiger partial charge in [0.15, 0.2) is 4.46 Å². The van der Waals surface area contributed by atoms with Gasteiger partial charge in [-0.25, -0.2) is 0 Å². The molecular formula is C14H32Cl2N2O8. The van der Waals surface area contributed by atoms with E-state index in [1.807, 2.05) is 0 Å². The summed E-state index contributed by atoms with van der Waals surface area (Å²) >= 11 is 11.0. The monoisotopic (exact) mass is 426 g/mol. The van der Waals surface area contributed by atoms with E-state index in [1.165, 1.54) is 6.42 Å². The second-order valence-corrected chi connectivity index (χ2v) is 5.84. The summed E-state index contributed by atoms with van der Waals surface area (Å²) in [7, 11) is 0. The molecule has 160 valence electrons. The molecule has 26 heavy (non-hydrogen) atoms. The molecule has 0 spiro atoms. The lowest BCUT2D eigenvalue weighted by atomic mass is 10.2. The van der Waals surface area contributed by atoms with Gasteiger partial charge in [-0.1, -0.05) is 43.0 Å². The summed E-state index contributed by atoms with van der Waals surface area (Å²) in [5.74, 6) is -3.33. The lowest BCUT2D eigenvalue weighted by Crippen LogP contribution is -2.24. The van der Waals surface area contributed by atoms with E-state index in [0.717, 1.165) is 40.5 Å². The summed E-state index contributed by atoms with van der Waals surface area (Å²) in [6.45, 7) is 6.46. The SMILES string of the molecule is CC(=O)O.CC(=O)O.CC(=O)O.CC(=O)O.CCCCCC(N)(Cl)Cl.N. The van der Waals surface area contributed by atoms with Crippen molar-refractivity contribution in [2.45, 2.75) is 64.8 Å². The first-order chi connectivity index (χ1) is 11.0. The summed E-state index contributed by atoms with van der Waals surface area (Å²) in [6.07, 6.45) is 4.02. The zero-order chi connectivity index (χ0) is 21.6. The average molecular weight is 427 g/mol. The summed E-state index contributed by atoms with van der Waals surface area (Å²) in [5, 5.41) is 29.7. The van der Waals surface area contributed by atoms with E-state index in [4.69, 9.17) is 68.5 Å². The van der Waals surface area contributed by atoms with Gasteiger partial charge >= 0.3 is 0 Å². The molecule has 0 unspecified atom stereocenters. The number of halogens is 2. The quantitative estimate of drug-likeness (QED) is 0.219. The van der Waals surface area contributed by atoms with E-state index in [1.54, 1.807) is 0 Å². The lowest BCUT2D eigenvalue weighted by Gasteiger charge is -2.11. The van der Waals surface area contributed by atoms with E-state index in [9.17, 15) is 0 Å². The third-order valence-corrected chi connectivity index (χ3v) is 1.49. The van der Waals surface area contributed by atoms with Crippen LogP contribution in [-0.2, 0) is 19.2 Å². The van der Waals surface area contributed by atoms with E-state index in [-0.39, 0.29) is 6.15 Å². The molecule has 0 aliphatic carbocycles. The minimum Gasteiger partial charge on any atom is -0.481 e. The Labute approximate surface area is 163 Å². The molecule has 0 atom stereocenters. The van der Waals surface area contributed by atoms with Gasteiger partial charge in [0.2, 0.25) is 0 Å². The third kappa shape index (κ3) is 533. The number of nitrogens with two attached hydrogens (primary N) is 1. The van der Waals surface area contributed by atoms with Crippen LogP contribution in [0.1, 0.15) is 60.3 Å². The van der Waals surface area contributed by atoms with Crippen molar-refractivity contribution in [2.75, 3.05) is 0 Å². The summed E-state index contributed by atoms with van der Waals surface area (Å²) in [5.41, 5.74) is 5.31. The number of aliphatic carboxylic acids is 4. The van der Waals surface area contributed by atoms with Gasteiger partial charge in [0.05, 0.1) is 0 Å². The largest absolute Gasteiger partial charge is 0.481 e. The van der Waals surface area contributed by atoms with E-state index in [2.05, 4.69) is 6.92 Å². The Kier molecular flexibility index (Phi) is 42.8. The molecule has 0 rings (SSSR count). The van der Waals surface area contributed by atoms with Gasteiger partial charge in [-0.2, -0.15) is 0 Å². The van der Waals surface area contributed by atoms with Gasteiger partial charge in [-0.15, -0.1) is 0 Å². The fourth-order valence-electron chi connectivity index (χ4n) is 0.611. The van der Waals surface area contributed by atoms with Crippen molar-refractivity contribution < 1.29 is 39.6 Å². The Balaban J connectivity index is -0.0000000508. The Morgan fingerprint density at radius 1 is 0.769 bits per heavy atom.